The molecule has 1 aliphatic heterocycles. The molecule has 9 heteroatoms. The average molecular weight is 574 g/mol. The molecule has 1 heterocycles. The van der Waals surface area contributed by atoms with Gasteiger partial charge >= 0.3 is 5.97 Å². The zero-order valence-electron chi connectivity index (χ0n) is 21.4. The monoisotopic (exact) mass is 573 g/mol. The lowest BCUT2D eigenvalue weighted by Crippen LogP contribution is -2.29. The van der Waals surface area contributed by atoms with Crippen molar-refractivity contribution in [2.75, 3.05) is 11.5 Å². The van der Waals surface area contributed by atoms with E-state index < -0.39 is 30.2 Å². The summed E-state index contributed by atoms with van der Waals surface area (Å²) in [6.07, 6.45) is 0. The van der Waals surface area contributed by atoms with Gasteiger partial charge in [0.05, 0.1) is 27.4 Å². The summed E-state index contributed by atoms with van der Waals surface area (Å²) in [7, 11) is 0. The van der Waals surface area contributed by atoms with E-state index in [1.807, 2.05) is 32.0 Å². The molecular formula is C31H21Cl2NO6. The summed E-state index contributed by atoms with van der Waals surface area (Å²) in [5.74, 6) is -1.14. The molecule has 4 aromatic carbocycles. The zero-order valence-corrected chi connectivity index (χ0v) is 22.9. The molecule has 7 nitrogen and oxygen atoms in total. The van der Waals surface area contributed by atoms with Crippen LogP contribution in [-0.4, -0.2) is 30.2 Å². The highest BCUT2D eigenvalue weighted by molar-refractivity contribution is 6.37. The van der Waals surface area contributed by atoms with Crippen molar-refractivity contribution in [3.05, 3.63) is 122 Å². The summed E-state index contributed by atoms with van der Waals surface area (Å²) in [6.45, 7) is 3.34. The van der Waals surface area contributed by atoms with Crippen molar-refractivity contribution in [3.8, 4) is 11.5 Å². The third kappa shape index (κ3) is 5.21. The smallest absolute Gasteiger partial charge is 0.338 e. The lowest BCUT2D eigenvalue weighted by molar-refractivity contribution is 0.0474. The van der Waals surface area contributed by atoms with Crippen molar-refractivity contribution >= 4 is 52.5 Å². The number of ether oxygens (including phenoxy) is 2. The minimum Gasteiger partial charge on any atom is -0.457 e. The molecule has 0 radical (unpaired) electrons. The van der Waals surface area contributed by atoms with Gasteiger partial charge in [0, 0.05) is 10.6 Å². The molecule has 0 saturated carbocycles. The van der Waals surface area contributed by atoms with Crippen molar-refractivity contribution in [2.45, 2.75) is 13.8 Å². The first-order chi connectivity index (χ1) is 19.1. The minimum absolute atomic E-state index is 0.0223. The third-order valence-corrected chi connectivity index (χ3v) is 6.96. The quantitative estimate of drug-likeness (QED) is 0.131. The number of ketones is 1. The molecule has 0 saturated heterocycles. The summed E-state index contributed by atoms with van der Waals surface area (Å²) in [6, 6.07) is 20.9. The van der Waals surface area contributed by atoms with Crippen LogP contribution in [0, 0.1) is 13.8 Å². The van der Waals surface area contributed by atoms with Crippen molar-refractivity contribution in [1.82, 2.24) is 0 Å². The molecule has 0 atom stereocenters. The Labute approximate surface area is 239 Å². The van der Waals surface area contributed by atoms with Crippen LogP contribution in [0.5, 0.6) is 11.5 Å². The summed E-state index contributed by atoms with van der Waals surface area (Å²) in [4.78, 5) is 52.4. The molecule has 4 aromatic rings. The molecular weight excluding hydrogens is 553 g/mol. The maximum absolute atomic E-state index is 13.2. The van der Waals surface area contributed by atoms with Gasteiger partial charge in [-0.05, 0) is 85.6 Å². The minimum atomic E-state index is -0.826. The molecule has 5 rings (SSSR count). The van der Waals surface area contributed by atoms with E-state index in [0.29, 0.717) is 16.5 Å². The second-order valence-corrected chi connectivity index (χ2v) is 9.99. The molecule has 0 aromatic heterocycles. The number of halogens is 2. The number of anilines is 1. The lowest BCUT2D eigenvalue weighted by atomic mass is 10.1. The van der Waals surface area contributed by atoms with Crippen LogP contribution in [0.4, 0.5) is 5.69 Å². The number of hydrogen-bond donors (Lipinski definition) is 0. The van der Waals surface area contributed by atoms with Gasteiger partial charge in [0.25, 0.3) is 11.8 Å². The number of benzene rings is 4. The van der Waals surface area contributed by atoms with E-state index in [1.54, 1.807) is 24.3 Å². The molecule has 1 aliphatic rings. The first kappa shape index (κ1) is 27.1. The number of nitrogens with zero attached hydrogens (tertiary/aromatic N) is 1. The van der Waals surface area contributed by atoms with Crippen LogP contribution in [0.25, 0.3) is 0 Å². The number of carbonyl (C=O) groups excluding carboxylic acids is 4. The Bertz CT molecular complexity index is 1680. The number of carbonyl (C=O) groups is 4. The fraction of sp³-hybridized carbons (Fsp3) is 0.0968. The van der Waals surface area contributed by atoms with Gasteiger partial charge in [-0.25, -0.2) is 9.69 Å². The van der Waals surface area contributed by atoms with Crippen LogP contribution >= 0.6 is 23.2 Å². The molecule has 2 amide bonds. The van der Waals surface area contributed by atoms with Gasteiger partial charge in [0.15, 0.2) is 6.61 Å². The van der Waals surface area contributed by atoms with Crippen LogP contribution in [0.2, 0.25) is 10.0 Å². The largest absolute Gasteiger partial charge is 0.457 e. The highest BCUT2D eigenvalue weighted by Crippen LogP contribution is 2.33. The zero-order chi connectivity index (χ0) is 28.6. The molecule has 0 bridgehead atoms. The van der Waals surface area contributed by atoms with E-state index in [-0.39, 0.29) is 27.3 Å². The maximum atomic E-state index is 13.2. The van der Waals surface area contributed by atoms with E-state index in [0.717, 1.165) is 21.8 Å². The van der Waals surface area contributed by atoms with Crippen molar-refractivity contribution in [3.63, 3.8) is 0 Å². The molecule has 0 spiro atoms. The van der Waals surface area contributed by atoms with Crippen molar-refractivity contribution in [1.29, 1.82) is 0 Å². The number of fused-ring (bicyclic) bond motifs is 1. The second-order valence-electron chi connectivity index (χ2n) is 9.15. The normalized spacial score (nSPS) is 12.3. The van der Waals surface area contributed by atoms with Crippen LogP contribution in [0.15, 0.2) is 78.9 Å². The van der Waals surface area contributed by atoms with Gasteiger partial charge in [-0.3, -0.25) is 14.4 Å². The summed E-state index contributed by atoms with van der Waals surface area (Å²) in [5.41, 5.74) is 2.72. The molecule has 0 aliphatic carbocycles. The lowest BCUT2D eigenvalue weighted by Gasteiger charge is -2.15. The number of para-hydroxylation sites is 1. The standard InChI is InChI=1S/C31H21Cl2NO6/c1-17-4-3-5-18(2)28(17)40-22-10-8-21(9-11-22)34-29(36)23-12-6-19(14-25(23)30(34)37)31(38)39-16-27(35)24-13-7-20(32)15-26(24)33/h3-15H,16H2,1-2H3. The number of rotatable bonds is 7. The van der Waals surface area contributed by atoms with E-state index in [9.17, 15) is 19.2 Å². The van der Waals surface area contributed by atoms with Gasteiger partial charge in [0.1, 0.15) is 11.5 Å². The molecule has 200 valence electrons. The van der Waals surface area contributed by atoms with Crippen LogP contribution < -0.4 is 9.64 Å². The molecule has 0 fully saturated rings. The highest BCUT2D eigenvalue weighted by Gasteiger charge is 2.37. The van der Waals surface area contributed by atoms with Crippen LogP contribution in [0.3, 0.4) is 0 Å². The number of imide groups is 1. The topological polar surface area (TPSA) is 90.0 Å². The average Bonchev–Trinajstić information content (AvgIpc) is 3.18. The second kappa shape index (κ2) is 11.0. The Morgan fingerprint density at radius 1 is 0.800 bits per heavy atom. The molecule has 40 heavy (non-hydrogen) atoms. The van der Waals surface area contributed by atoms with Gasteiger partial charge in [-0.1, -0.05) is 41.4 Å². The Morgan fingerprint density at radius 3 is 2.15 bits per heavy atom. The van der Waals surface area contributed by atoms with E-state index in [1.165, 1.54) is 36.4 Å². The number of Topliss-reactive ketones (excluding diaryl/α,β-unsaturated/α-hetero) is 1. The Morgan fingerprint density at radius 2 is 1.48 bits per heavy atom. The fourth-order valence-electron chi connectivity index (χ4n) is 4.35. The molecule has 0 N–H and O–H groups in total. The van der Waals surface area contributed by atoms with Gasteiger partial charge < -0.3 is 9.47 Å². The molecule has 0 unspecified atom stereocenters. The van der Waals surface area contributed by atoms with Gasteiger partial charge in [-0.2, -0.15) is 0 Å². The third-order valence-electron chi connectivity index (χ3n) is 6.41. The van der Waals surface area contributed by atoms with E-state index >= 15 is 0 Å². The Balaban J connectivity index is 1.29. The Kier molecular flexibility index (Phi) is 7.43. The first-order valence-electron chi connectivity index (χ1n) is 12.2. The maximum Gasteiger partial charge on any atom is 0.338 e. The summed E-state index contributed by atoms with van der Waals surface area (Å²) >= 11 is 11.9. The van der Waals surface area contributed by atoms with Crippen molar-refractivity contribution in [2.24, 2.45) is 0 Å². The van der Waals surface area contributed by atoms with Crippen molar-refractivity contribution < 1.29 is 28.7 Å². The Hall–Kier alpha value is -4.46. The number of amides is 2. The summed E-state index contributed by atoms with van der Waals surface area (Å²) in [5, 5.41) is 0.506. The predicted octanol–water partition coefficient (Wildman–Crippen LogP) is 7.24. The first-order valence-corrected chi connectivity index (χ1v) is 12.9. The van der Waals surface area contributed by atoms with Gasteiger partial charge in [-0.15, -0.1) is 0 Å². The van der Waals surface area contributed by atoms with Crippen LogP contribution in [0.1, 0.15) is 52.6 Å². The highest BCUT2D eigenvalue weighted by atomic mass is 35.5. The van der Waals surface area contributed by atoms with Gasteiger partial charge in [0.2, 0.25) is 5.78 Å². The SMILES string of the molecule is Cc1cccc(C)c1Oc1ccc(N2C(=O)c3ccc(C(=O)OCC(=O)c4ccc(Cl)cc4Cl)cc3C2=O)cc1. The number of hydrogen-bond acceptors (Lipinski definition) is 6. The summed E-state index contributed by atoms with van der Waals surface area (Å²) < 4.78 is 11.2. The number of esters is 1. The van der Waals surface area contributed by atoms with Crippen LogP contribution in [-0.2, 0) is 4.74 Å². The van der Waals surface area contributed by atoms with E-state index in [2.05, 4.69) is 0 Å². The fourth-order valence-corrected chi connectivity index (χ4v) is 4.87. The predicted molar refractivity (Wildman–Crippen MR) is 151 cm³/mol. The number of aryl methyl sites for hydroxylation is 2. The van der Waals surface area contributed by atoms with E-state index in [4.69, 9.17) is 32.7 Å².